The Morgan fingerprint density at radius 2 is 2.00 bits per heavy atom. The first-order valence-electron chi connectivity index (χ1n) is 5.13. The van der Waals surface area contributed by atoms with Gasteiger partial charge < -0.3 is 22.1 Å². The molecule has 0 bridgehead atoms. The Labute approximate surface area is 93.4 Å². The molecule has 1 unspecified atom stereocenters. The van der Waals surface area contributed by atoms with Gasteiger partial charge in [0, 0.05) is 13.0 Å². The van der Waals surface area contributed by atoms with Gasteiger partial charge in [-0.25, -0.2) is 0 Å². The van der Waals surface area contributed by atoms with Crippen molar-refractivity contribution in [3.8, 4) is 0 Å². The van der Waals surface area contributed by atoms with E-state index in [2.05, 4.69) is 4.98 Å². The molecule has 1 atom stereocenters. The molecule has 1 aliphatic heterocycles. The van der Waals surface area contributed by atoms with Crippen molar-refractivity contribution in [2.24, 2.45) is 11.7 Å². The zero-order valence-corrected chi connectivity index (χ0v) is 8.89. The van der Waals surface area contributed by atoms with Gasteiger partial charge in [0.2, 0.25) is 5.91 Å². The van der Waals surface area contributed by atoms with Crippen LogP contribution in [0.15, 0.2) is 12.4 Å². The topological polar surface area (TPSA) is 111 Å². The van der Waals surface area contributed by atoms with E-state index in [0.717, 1.165) is 0 Å². The molecule has 2 rings (SSSR count). The third-order valence-corrected chi connectivity index (χ3v) is 2.78. The van der Waals surface area contributed by atoms with Crippen LogP contribution in [0.1, 0.15) is 6.42 Å². The predicted molar refractivity (Wildman–Crippen MR) is 62.6 cm³/mol. The minimum Gasteiger partial charge on any atom is -0.396 e. The molecule has 1 aliphatic rings. The number of hydrogen-bond donors (Lipinski definition) is 3. The van der Waals surface area contributed by atoms with Crippen LogP contribution in [0, 0.1) is 5.92 Å². The van der Waals surface area contributed by atoms with Crippen molar-refractivity contribution in [1.82, 2.24) is 4.98 Å². The summed E-state index contributed by atoms with van der Waals surface area (Å²) in [5.41, 5.74) is 18.5. The van der Waals surface area contributed by atoms with E-state index in [0.29, 0.717) is 36.6 Å². The summed E-state index contributed by atoms with van der Waals surface area (Å²) in [7, 11) is 0. The quantitative estimate of drug-likeness (QED) is 0.626. The maximum atomic E-state index is 11.8. The second-order valence-corrected chi connectivity index (χ2v) is 3.98. The lowest BCUT2D eigenvalue weighted by Gasteiger charge is -2.20. The molecule has 0 spiro atoms. The SMILES string of the molecule is NCC1CC(=O)N(c2c(N)cncc2N)C1. The number of hydrogen-bond acceptors (Lipinski definition) is 5. The lowest BCUT2D eigenvalue weighted by atomic mass is 10.1. The molecule has 6 heteroatoms. The Hall–Kier alpha value is -1.82. The van der Waals surface area contributed by atoms with E-state index in [4.69, 9.17) is 17.2 Å². The van der Waals surface area contributed by atoms with E-state index in [1.807, 2.05) is 0 Å². The molecule has 0 aromatic carbocycles. The molecule has 0 saturated carbocycles. The largest absolute Gasteiger partial charge is 0.396 e. The summed E-state index contributed by atoms with van der Waals surface area (Å²) in [6.07, 6.45) is 3.45. The van der Waals surface area contributed by atoms with Gasteiger partial charge in [-0.1, -0.05) is 0 Å². The predicted octanol–water partition coefficient (Wildman–Crippen LogP) is -0.442. The minimum atomic E-state index is 0.0139. The molecule has 86 valence electrons. The number of aromatic nitrogens is 1. The molecule has 1 fully saturated rings. The van der Waals surface area contributed by atoms with Gasteiger partial charge in [0.1, 0.15) is 0 Å². The molecule has 2 heterocycles. The van der Waals surface area contributed by atoms with Crippen LogP contribution < -0.4 is 22.1 Å². The fraction of sp³-hybridized carbons (Fsp3) is 0.400. The van der Waals surface area contributed by atoms with E-state index in [9.17, 15) is 4.79 Å². The van der Waals surface area contributed by atoms with Crippen LogP contribution in [0.3, 0.4) is 0 Å². The molecule has 1 amide bonds. The maximum absolute atomic E-state index is 11.8. The lowest BCUT2D eigenvalue weighted by molar-refractivity contribution is -0.117. The van der Waals surface area contributed by atoms with Crippen LogP contribution in [0.5, 0.6) is 0 Å². The van der Waals surface area contributed by atoms with Gasteiger partial charge in [-0.2, -0.15) is 0 Å². The average molecular weight is 221 g/mol. The third-order valence-electron chi connectivity index (χ3n) is 2.78. The Morgan fingerprint density at radius 1 is 1.38 bits per heavy atom. The van der Waals surface area contributed by atoms with E-state index in [1.54, 1.807) is 4.90 Å². The van der Waals surface area contributed by atoms with Crippen LogP contribution >= 0.6 is 0 Å². The van der Waals surface area contributed by atoms with Crippen molar-refractivity contribution in [2.45, 2.75) is 6.42 Å². The van der Waals surface area contributed by atoms with Crippen LogP contribution in [0.2, 0.25) is 0 Å². The molecule has 16 heavy (non-hydrogen) atoms. The summed E-state index contributed by atoms with van der Waals surface area (Å²) in [5.74, 6) is 0.194. The van der Waals surface area contributed by atoms with Crippen molar-refractivity contribution in [1.29, 1.82) is 0 Å². The minimum absolute atomic E-state index is 0.0139. The number of nitrogens with zero attached hydrogens (tertiary/aromatic N) is 2. The van der Waals surface area contributed by atoms with Gasteiger partial charge in [0.05, 0.1) is 29.5 Å². The Balaban J connectivity index is 2.35. The molecule has 0 aliphatic carbocycles. The normalized spacial score (nSPS) is 20.4. The second kappa shape index (κ2) is 3.97. The highest BCUT2D eigenvalue weighted by molar-refractivity contribution is 6.01. The summed E-state index contributed by atoms with van der Waals surface area (Å²) in [6, 6.07) is 0. The molecule has 6 nitrogen and oxygen atoms in total. The molecule has 1 aromatic rings. The van der Waals surface area contributed by atoms with Crippen LogP contribution in [-0.4, -0.2) is 24.0 Å². The molecular weight excluding hydrogens is 206 g/mol. The van der Waals surface area contributed by atoms with Crippen molar-refractivity contribution >= 4 is 23.0 Å². The van der Waals surface area contributed by atoms with Gasteiger partial charge >= 0.3 is 0 Å². The summed E-state index contributed by atoms with van der Waals surface area (Å²) in [4.78, 5) is 17.3. The van der Waals surface area contributed by atoms with E-state index >= 15 is 0 Å². The van der Waals surface area contributed by atoms with Gasteiger partial charge in [-0.3, -0.25) is 9.78 Å². The Kier molecular flexibility index (Phi) is 2.66. The van der Waals surface area contributed by atoms with Crippen molar-refractivity contribution in [2.75, 3.05) is 29.5 Å². The Morgan fingerprint density at radius 3 is 2.50 bits per heavy atom. The highest BCUT2D eigenvalue weighted by Gasteiger charge is 2.31. The van der Waals surface area contributed by atoms with Crippen molar-refractivity contribution < 1.29 is 4.79 Å². The molecule has 1 saturated heterocycles. The fourth-order valence-electron chi connectivity index (χ4n) is 1.95. The van der Waals surface area contributed by atoms with Crippen LogP contribution in [0.25, 0.3) is 0 Å². The molecular formula is C10H15N5O. The number of rotatable bonds is 2. The number of nitrogen functional groups attached to an aromatic ring is 2. The van der Waals surface area contributed by atoms with Gasteiger partial charge in [0.25, 0.3) is 0 Å². The lowest BCUT2D eigenvalue weighted by Crippen LogP contribution is -2.27. The smallest absolute Gasteiger partial charge is 0.227 e. The average Bonchev–Trinajstić information content (AvgIpc) is 2.60. The third kappa shape index (κ3) is 1.67. The van der Waals surface area contributed by atoms with Crippen molar-refractivity contribution in [3.05, 3.63) is 12.4 Å². The number of carbonyl (C=O) groups excluding carboxylic acids is 1. The summed E-state index contributed by atoms with van der Waals surface area (Å²) < 4.78 is 0. The number of nitrogens with two attached hydrogens (primary N) is 3. The van der Waals surface area contributed by atoms with Crippen LogP contribution in [-0.2, 0) is 4.79 Å². The summed E-state index contributed by atoms with van der Waals surface area (Å²) >= 11 is 0. The monoisotopic (exact) mass is 221 g/mol. The Bertz CT molecular complexity index is 399. The van der Waals surface area contributed by atoms with E-state index < -0.39 is 0 Å². The summed E-state index contributed by atoms with van der Waals surface area (Å²) in [6.45, 7) is 1.07. The van der Waals surface area contributed by atoms with Gasteiger partial charge in [0.15, 0.2) is 0 Å². The van der Waals surface area contributed by atoms with Crippen LogP contribution in [0.4, 0.5) is 17.1 Å². The van der Waals surface area contributed by atoms with E-state index in [1.165, 1.54) is 12.4 Å². The molecule has 0 radical (unpaired) electrons. The number of anilines is 3. The van der Waals surface area contributed by atoms with Gasteiger partial charge in [-0.05, 0) is 12.5 Å². The van der Waals surface area contributed by atoms with Crippen molar-refractivity contribution in [3.63, 3.8) is 0 Å². The summed E-state index contributed by atoms with van der Waals surface area (Å²) in [5, 5.41) is 0. The maximum Gasteiger partial charge on any atom is 0.227 e. The van der Waals surface area contributed by atoms with E-state index in [-0.39, 0.29) is 11.8 Å². The number of pyridine rings is 1. The fourth-order valence-corrected chi connectivity index (χ4v) is 1.95. The van der Waals surface area contributed by atoms with Gasteiger partial charge in [-0.15, -0.1) is 0 Å². The zero-order chi connectivity index (χ0) is 11.7. The first kappa shape index (κ1) is 10.7. The number of amides is 1. The number of carbonyl (C=O) groups is 1. The highest BCUT2D eigenvalue weighted by atomic mass is 16.2. The first-order valence-corrected chi connectivity index (χ1v) is 5.13. The molecule has 1 aromatic heterocycles. The first-order chi connectivity index (χ1) is 7.63. The highest BCUT2D eigenvalue weighted by Crippen LogP contribution is 2.33. The molecule has 6 N–H and O–H groups in total. The standard InChI is InChI=1S/C10H15N5O/c11-2-6-1-9(16)15(5-6)10-7(12)3-14-4-8(10)13/h3-4,6H,1-2,5,11-13H2. The second-order valence-electron chi connectivity index (χ2n) is 3.98. The zero-order valence-electron chi connectivity index (χ0n) is 8.89.